The summed E-state index contributed by atoms with van der Waals surface area (Å²) in [4.78, 5) is 8.21. The first-order chi connectivity index (χ1) is 2.41. The minimum absolute atomic E-state index is 0.586. The zero-order chi connectivity index (χ0) is 4.12. The van der Waals surface area contributed by atoms with Crippen molar-refractivity contribution in [2.45, 2.75) is 13.3 Å². The second kappa shape index (κ2) is 4.39. The van der Waals surface area contributed by atoms with Gasteiger partial charge in [-0.1, -0.05) is 0 Å². The van der Waals surface area contributed by atoms with Crippen LogP contribution in [0.4, 0.5) is 0 Å². The van der Waals surface area contributed by atoms with Crippen molar-refractivity contribution >= 4 is 8.81 Å². The summed E-state index contributed by atoms with van der Waals surface area (Å²) in [5.41, 5.74) is 0. The van der Waals surface area contributed by atoms with Gasteiger partial charge in [-0.3, -0.25) is 0 Å². The maximum absolute atomic E-state index is 8.21. The van der Waals surface area contributed by atoms with Crippen LogP contribution < -0.4 is 0 Å². The van der Waals surface area contributed by atoms with E-state index in [9.17, 15) is 0 Å². The topological polar surface area (TPSA) is 20.2 Å². The predicted octanol–water partition coefficient (Wildman–Crippen LogP) is 0.447. The van der Waals surface area contributed by atoms with E-state index in [1.165, 1.54) is 0 Å². The van der Waals surface area contributed by atoms with Crippen LogP contribution in [0.1, 0.15) is 13.3 Å². The van der Waals surface area contributed by atoms with E-state index in [2.05, 4.69) is 6.92 Å². The molecule has 5 heavy (non-hydrogen) atoms. The van der Waals surface area contributed by atoms with E-state index in [1.807, 2.05) is 0 Å². The molecule has 0 aromatic rings. The molecule has 0 aliphatic rings. The van der Waals surface area contributed by atoms with E-state index in [0.717, 1.165) is 12.6 Å². The third kappa shape index (κ3) is 4.39. The van der Waals surface area contributed by atoms with Crippen molar-refractivity contribution in [1.82, 2.24) is 0 Å². The van der Waals surface area contributed by atoms with Crippen LogP contribution in [0.3, 0.4) is 0 Å². The molecule has 0 rings (SSSR count). The van der Waals surface area contributed by atoms with Gasteiger partial charge in [0, 0.05) is 0 Å². The normalized spacial score (nSPS) is 9.20. The van der Waals surface area contributed by atoms with E-state index in [0.29, 0.717) is 0 Å². The molecule has 0 saturated carbocycles. The number of rotatable bonds is 2. The fourth-order valence-corrected chi connectivity index (χ4v) is 0.474. The predicted molar refractivity (Wildman–Crippen MR) is 28.5 cm³/mol. The van der Waals surface area contributed by atoms with Gasteiger partial charge in [-0.2, -0.15) is 0 Å². The van der Waals surface area contributed by atoms with Crippen LogP contribution in [0.25, 0.3) is 0 Å². The van der Waals surface area contributed by atoms with Crippen molar-refractivity contribution in [2.75, 3.05) is 6.16 Å². The van der Waals surface area contributed by atoms with Gasteiger partial charge in [-0.05, 0) is 0 Å². The van der Waals surface area contributed by atoms with Gasteiger partial charge in [-0.25, -0.2) is 0 Å². The van der Waals surface area contributed by atoms with Crippen molar-refractivity contribution < 1.29 is 4.89 Å². The summed E-state index contributed by atoms with van der Waals surface area (Å²) >= 11 is 0. The van der Waals surface area contributed by atoms with Gasteiger partial charge in [0.25, 0.3) is 0 Å². The van der Waals surface area contributed by atoms with E-state index in [-0.39, 0.29) is 0 Å². The van der Waals surface area contributed by atoms with Gasteiger partial charge < -0.3 is 0 Å². The molecule has 0 aliphatic carbocycles. The molecule has 0 aromatic heterocycles. The van der Waals surface area contributed by atoms with Gasteiger partial charge in [-0.15, -0.1) is 0 Å². The minimum atomic E-state index is -0.586. The quantitative estimate of drug-likeness (QED) is 0.492. The van der Waals surface area contributed by atoms with Crippen LogP contribution in [0.15, 0.2) is 0 Å². The average Bonchev–Trinajstić information content (AvgIpc) is 1.41. The van der Waals surface area contributed by atoms with E-state index >= 15 is 0 Å². The molecule has 0 atom stereocenters. The first-order valence-corrected chi connectivity index (χ1v) is 3.66. The molecule has 0 amide bonds. The molecule has 0 aliphatic heterocycles. The average molecular weight is 94.1 g/mol. The van der Waals surface area contributed by atoms with Gasteiger partial charge in [0.1, 0.15) is 0 Å². The molecule has 1 N–H and O–H groups in total. The van der Waals surface area contributed by atoms with Crippen LogP contribution in [0, 0.1) is 0 Å². The van der Waals surface area contributed by atoms with Gasteiger partial charge in [0.05, 0.1) is 0 Å². The van der Waals surface area contributed by atoms with E-state index < -0.39 is 8.81 Å². The van der Waals surface area contributed by atoms with Gasteiger partial charge in [0.2, 0.25) is 0 Å². The molecule has 0 fully saturated rings. The fraction of sp³-hybridized carbons (Fsp3) is 1.00. The van der Waals surface area contributed by atoms with Crippen molar-refractivity contribution in [3.8, 4) is 0 Å². The second-order valence-electron chi connectivity index (χ2n) is 1.08. The fourth-order valence-electron chi connectivity index (χ4n) is 0.158. The number of hydrogen-bond donors (Lipinski definition) is 1. The molecule has 0 spiro atoms. The zero-order valence-corrected chi connectivity index (χ0v) is 4.98. The maximum atomic E-state index is 8.21. The molecule has 0 radical (unpaired) electrons. The third-order valence-corrected chi connectivity index (χ3v) is 1.54. The molecular weight excluding hydrogens is 83.0 g/mol. The summed E-state index contributed by atoms with van der Waals surface area (Å²) in [6, 6.07) is 0. The second-order valence-corrected chi connectivity index (χ2v) is 2.23. The Balaban J connectivity index is 2.19. The Hall–Kier alpha value is 0.390. The first-order valence-electron chi connectivity index (χ1n) is 2.02. The summed E-state index contributed by atoms with van der Waals surface area (Å²) in [5.74, 6) is 0. The molecule has 1 nitrogen and oxygen atoms in total. The molecule has 34 valence electrons. The number of hydrogen-bond acceptors (Lipinski definition) is 1. The standard InChI is InChI=1S/C3H11OP/c1-2-3-5-4/h4H,2-3H2,1,5H3. The van der Waals surface area contributed by atoms with Crippen molar-refractivity contribution in [3.63, 3.8) is 0 Å². The first kappa shape index (κ1) is 5.39. The Kier molecular flexibility index (Phi) is 4.73. The third-order valence-electron chi connectivity index (χ3n) is 0.512. The molecule has 0 aromatic carbocycles. The Morgan fingerprint density at radius 1 is 1.80 bits per heavy atom. The summed E-state index contributed by atoms with van der Waals surface area (Å²) in [5, 5.41) is 0. The van der Waals surface area contributed by atoms with Crippen LogP contribution in [-0.2, 0) is 0 Å². The van der Waals surface area contributed by atoms with E-state index in [4.69, 9.17) is 4.89 Å². The Bertz CT molecular complexity index is 14.4. The van der Waals surface area contributed by atoms with Crippen LogP contribution >= 0.6 is 8.81 Å². The summed E-state index contributed by atoms with van der Waals surface area (Å²) in [6.07, 6.45) is 2.24. The van der Waals surface area contributed by atoms with Gasteiger partial charge >= 0.3 is 33.2 Å². The zero-order valence-electron chi connectivity index (χ0n) is 3.57. The summed E-state index contributed by atoms with van der Waals surface area (Å²) < 4.78 is 0. The molecule has 0 saturated heterocycles. The van der Waals surface area contributed by atoms with Crippen molar-refractivity contribution in [1.29, 1.82) is 0 Å². The molecular formula is C3H11OP. The van der Waals surface area contributed by atoms with Crippen LogP contribution in [0.2, 0.25) is 0 Å². The Morgan fingerprint density at radius 2 is 2.40 bits per heavy atom. The summed E-state index contributed by atoms with van der Waals surface area (Å²) in [6.45, 7) is 2.09. The van der Waals surface area contributed by atoms with Crippen molar-refractivity contribution in [3.05, 3.63) is 0 Å². The molecule has 0 unspecified atom stereocenters. The van der Waals surface area contributed by atoms with E-state index in [1.54, 1.807) is 0 Å². The van der Waals surface area contributed by atoms with Gasteiger partial charge in [0.15, 0.2) is 0 Å². The summed E-state index contributed by atoms with van der Waals surface area (Å²) in [7, 11) is -0.586. The molecule has 2 heteroatoms. The Morgan fingerprint density at radius 3 is 2.40 bits per heavy atom. The molecule has 0 bridgehead atoms. The monoisotopic (exact) mass is 94.1 g/mol. The Labute approximate surface area is 34.3 Å². The van der Waals surface area contributed by atoms with Crippen LogP contribution in [0.5, 0.6) is 0 Å². The van der Waals surface area contributed by atoms with Crippen molar-refractivity contribution in [2.24, 2.45) is 0 Å². The SMILES string of the molecule is CCC[PH3]O. The molecule has 0 heterocycles. The van der Waals surface area contributed by atoms with Crippen LogP contribution in [-0.4, -0.2) is 11.1 Å².